The van der Waals surface area contributed by atoms with Gasteiger partial charge in [0, 0.05) is 20.2 Å². The molecule has 8 nitrogen and oxygen atoms in total. The van der Waals surface area contributed by atoms with Gasteiger partial charge in [-0.05, 0) is 27.2 Å². The van der Waals surface area contributed by atoms with E-state index in [0.717, 1.165) is 31.0 Å². The SMILES string of the molecule is CO[C@@H]1C[C@@H](c2ncn[nH]2)N(Cc2cn(C(C)(C)C)nn2)C1. The quantitative estimate of drug-likeness (QED) is 0.911. The number of methoxy groups -OCH3 is 1. The molecule has 0 radical (unpaired) electrons. The van der Waals surface area contributed by atoms with Crippen LogP contribution in [0.2, 0.25) is 0 Å². The van der Waals surface area contributed by atoms with Crippen LogP contribution in [0.4, 0.5) is 0 Å². The largest absolute Gasteiger partial charge is 0.380 e. The number of nitrogens with one attached hydrogen (secondary N) is 1. The van der Waals surface area contributed by atoms with E-state index in [2.05, 4.69) is 51.2 Å². The monoisotopic (exact) mass is 305 g/mol. The lowest BCUT2D eigenvalue weighted by Gasteiger charge is -2.21. The van der Waals surface area contributed by atoms with Crippen LogP contribution in [0.5, 0.6) is 0 Å². The Labute approximate surface area is 129 Å². The maximum atomic E-state index is 5.52. The van der Waals surface area contributed by atoms with Crippen LogP contribution in [0, 0.1) is 0 Å². The highest BCUT2D eigenvalue weighted by Gasteiger charge is 2.35. The van der Waals surface area contributed by atoms with Crippen LogP contribution in [0.25, 0.3) is 0 Å². The van der Waals surface area contributed by atoms with Gasteiger partial charge in [-0.2, -0.15) is 5.10 Å². The lowest BCUT2D eigenvalue weighted by atomic mass is 10.1. The third kappa shape index (κ3) is 3.02. The summed E-state index contributed by atoms with van der Waals surface area (Å²) in [6, 6.07) is 0.173. The molecule has 0 bridgehead atoms. The average molecular weight is 305 g/mol. The zero-order chi connectivity index (χ0) is 15.7. The molecule has 1 aliphatic rings. The highest BCUT2D eigenvalue weighted by Crippen LogP contribution is 2.32. The Morgan fingerprint density at radius 3 is 2.82 bits per heavy atom. The van der Waals surface area contributed by atoms with Gasteiger partial charge in [0.15, 0.2) is 0 Å². The molecule has 2 atom stereocenters. The van der Waals surface area contributed by atoms with Crippen LogP contribution in [0.3, 0.4) is 0 Å². The highest BCUT2D eigenvalue weighted by atomic mass is 16.5. The Morgan fingerprint density at radius 1 is 1.41 bits per heavy atom. The second kappa shape index (κ2) is 5.77. The maximum absolute atomic E-state index is 5.52. The van der Waals surface area contributed by atoms with Crippen molar-refractivity contribution in [2.75, 3.05) is 13.7 Å². The van der Waals surface area contributed by atoms with Crippen molar-refractivity contribution in [3.8, 4) is 0 Å². The van der Waals surface area contributed by atoms with Crippen LogP contribution >= 0.6 is 0 Å². The molecule has 3 heterocycles. The van der Waals surface area contributed by atoms with Crippen molar-refractivity contribution in [1.29, 1.82) is 0 Å². The molecule has 0 aromatic carbocycles. The molecule has 2 aromatic heterocycles. The standard InChI is InChI=1S/C14H23N7O/c1-14(2,3)21-7-10(17-19-21)6-20-8-11(22-4)5-12(20)13-15-9-16-18-13/h7,9,11-12H,5-6,8H2,1-4H3,(H,15,16,18)/t11-,12+/m1/s1. The van der Waals surface area contributed by atoms with Gasteiger partial charge in [0.25, 0.3) is 0 Å². The molecule has 8 heteroatoms. The minimum Gasteiger partial charge on any atom is -0.380 e. The predicted molar refractivity (Wildman–Crippen MR) is 80.0 cm³/mol. The number of hydrogen-bond donors (Lipinski definition) is 1. The third-order valence-electron chi connectivity index (χ3n) is 4.04. The van der Waals surface area contributed by atoms with E-state index < -0.39 is 0 Å². The van der Waals surface area contributed by atoms with Gasteiger partial charge in [0.05, 0.1) is 29.6 Å². The molecule has 1 saturated heterocycles. The van der Waals surface area contributed by atoms with E-state index in [1.165, 1.54) is 0 Å². The fourth-order valence-corrected chi connectivity index (χ4v) is 2.77. The molecular formula is C14H23N7O. The summed E-state index contributed by atoms with van der Waals surface area (Å²) in [5.41, 5.74) is 0.895. The number of likely N-dealkylation sites (tertiary alicyclic amines) is 1. The molecule has 0 aliphatic carbocycles. The third-order valence-corrected chi connectivity index (χ3v) is 4.04. The lowest BCUT2D eigenvalue weighted by molar-refractivity contribution is 0.107. The Kier molecular flexibility index (Phi) is 3.96. The summed E-state index contributed by atoms with van der Waals surface area (Å²) in [5, 5.41) is 15.5. The number of nitrogens with zero attached hydrogens (tertiary/aromatic N) is 6. The summed E-state index contributed by atoms with van der Waals surface area (Å²) in [5.74, 6) is 0.878. The maximum Gasteiger partial charge on any atom is 0.141 e. The van der Waals surface area contributed by atoms with Crippen molar-refractivity contribution in [2.24, 2.45) is 0 Å². The van der Waals surface area contributed by atoms with E-state index in [4.69, 9.17) is 4.74 Å². The molecule has 0 amide bonds. The van der Waals surface area contributed by atoms with Crippen LogP contribution in [-0.2, 0) is 16.8 Å². The molecule has 120 valence electrons. The normalized spacial score (nSPS) is 23.3. The van der Waals surface area contributed by atoms with Gasteiger partial charge in [-0.1, -0.05) is 5.21 Å². The molecular weight excluding hydrogens is 282 g/mol. The van der Waals surface area contributed by atoms with Gasteiger partial charge in [-0.3, -0.25) is 10.00 Å². The zero-order valence-electron chi connectivity index (χ0n) is 13.5. The van der Waals surface area contributed by atoms with E-state index in [-0.39, 0.29) is 17.7 Å². The highest BCUT2D eigenvalue weighted by molar-refractivity contribution is 5.03. The average Bonchev–Trinajstić information content (AvgIpc) is 3.17. The lowest BCUT2D eigenvalue weighted by Crippen LogP contribution is -2.25. The Hall–Kier alpha value is -1.80. The Morgan fingerprint density at radius 2 is 2.23 bits per heavy atom. The number of ether oxygens (including phenoxy) is 1. The first-order chi connectivity index (χ1) is 10.5. The van der Waals surface area contributed by atoms with E-state index in [9.17, 15) is 0 Å². The van der Waals surface area contributed by atoms with Gasteiger partial charge in [-0.25, -0.2) is 9.67 Å². The van der Waals surface area contributed by atoms with Crippen molar-refractivity contribution in [3.05, 3.63) is 24.0 Å². The summed E-state index contributed by atoms with van der Waals surface area (Å²) < 4.78 is 7.42. The van der Waals surface area contributed by atoms with Crippen molar-refractivity contribution in [2.45, 2.75) is 51.4 Å². The molecule has 0 unspecified atom stereocenters. The number of H-pyrrole nitrogens is 1. The van der Waals surface area contributed by atoms with Gasteiger partial charge >= 0.3 is 0 Å². The van der Waals surface area contributed by atoms with Crippen LogP contribution in [0.15, 0.2) is 12.5 Å². The zero-order valence-corrected chi connectivity index (χ0v) is 13.5. The first-order valence-electron chi connectivity index (χ1n) is 7.51. The fraction of sp³-hybridized carbons (Fsp3) is 0.714. The first-order valence-corrected chi connectivity index (χ1v) is 7.51. The van der Waals surface area contributed by atoms with Crippen molar-refractivity contribution in [1.82, 2.24) is 35.1 Å². The second-order valence-electron chi connectivity index (χ2n) is 6.73. The van der Waals surface area contributed by atoms with Crippen molar-refractivity contribution in [3.63, 3.8) is 0 Å². The summed E-state index contributed by atoms with van der Waals surface area (Å²) in [6.45, 7) is 7.91. The number of aromatic amines is 1. The van der Waals surface area contributed by atoms with Crippen LogP contribution in [0.1, 0.15) is 44.8 Å². The van der Waals surface area contributed by atoms with Crippen LogP contribution < -0.4 is 0 Å². The Bertz CT molecular complexity index is 601. The second-order valence-corrected chi connectivity index (χ2v) is 6.73. The minimum atomic E-state index is -0.0599. The molecule has 22 heavy (non-hydrogen) atoms. The molecule has 0 spiro atoms. The smallest absolute Gasteiger partial charge is 0.141 e. The van der Waals surface area contributed by atoms with E-state index in [1.807, 2.05) is 10.9 Å². The molecule has 1 aliphatic heterocycles. The van der Waals surface area contributed by atoms with Gasteiger partial charge in [0.2, 0.25) is 0 Å². The molecule has 3 rings (SSSR count). The van der Waals surface area contributed by atoms with E-state index in [1.54, 1.807) is 13.4 Å². The Balaban J connectivity index is 1.76. The molecule has 1 N–H and O–H groups in total. The van der Waals surface area contributed by atoms with E-state index in [0.29, 0.717) is 0 Å². The number of aromatic nitrogens is 6. The van der Waals surface area contributed by atoms with Crippen molar-refractivity contribution < 1.29 is 4.74 Å². The molecule has 1 fully saturated rings. The summed E-state index contributed by atoms with van der Waals surface area (Å²) in [7, 11) is 1.75. The van der Waals surface area contributed by atoms with Gasteiger partial charge in [0.1, 0.15) is 12.2 Å². The fourth-order valence-electron chi connectivity index (χ4n) is 2.77. The van der Waals surface area contributed by atoms with Crippen LogP contribution in [-0.4, -0.2) is 54.8 Å². The molecule has 2 aromatic rings. The van der Waals surface area contributed by atoms with E-state index >= 15 is 0 Å². The minimum absolute atomic E-state index is 0.0599. The molecule has 0 saturated carbocycles. The summed E-state index contributed by atoms with van der Waals surface area (Å²) in [4.78, 5) is 6.61. The summed E-state index contributed by atoms with van der Waals surface area (Å²) >= 11 is 0. The summed E-state index contributed by atoms with van der Waals surface area (Å²) in [6.07, 6.45) is 4.66. The van der Waals surface area contributed by atoms with Gasteiger partial charge in [-0.15, -0.1) is 5.10 Å². The first kappa shape index (κ1) is 15.1. The predicted octanol–water partition coefficient (Wildman–Crippen LogP) is 1.11. The topological polar surface area (TPSA) is 84.8 Å². The van der Waals surface area contributed by atoms with Gasteiger partial charge < -0.3 is 4.74 Å². The number of hydrogen-bond acceptors (Lipinski definition) is 6. The van der Waals surface area contributed by atoms with Crippen molar-refractivity contribution >= 4 is 0 Å². The number of rotatable bonds is 4.